The van der Waals surface area contributed by atoms with E-state index in [9.17, 15) is 5.11 Å². The molecule has 128 valence electrons. The molecule has 0 spiro atoms. The lowest BCUT2D eigenvalue weighted by Crippen LogP contribution is -2.61. The molecule has 1 aromatic carbocycles. The number of hydrogen-bond acceptors (Lipinski definition) is 4. The van der Waals surface area contributed by atoms with Gasteiger partial charge in [-0.05, 0) is 43.5 Å². The van der Waals surface area contributed by atoms with Crippen LogP contribution in [0.15, 0.2) is 43.0 Å². The average molecular weight is 326 g/mol. The van der Waals surface area contributed by atoms with Gasteiger partial charge in [-0.15, -0.1) is 0 Å². The Morgan fingerprint density at radius 3 is 2.92 bits per heavy atom. The zero-order valence-electron chi connectivity index (χ0n) is 14.1. The SMILES string of the molecule is OC[C@]12CCCN[C@@H]1CCN(Cc1ccc(-n3ccnc3)cc1)C2. The standard InChI is InChI=1S/C19H26N4O/c24-14-19-7-1-8-21-18(19)6-10-22(13-19)12-16-2-4-17(5-3-16)23-11-9-20-15-23/h2-5,9,11,15,18,21,24H,1,6-8,10,12-14H2/t18-,19-/m1/s1. The van der Waals surface area contributed by atoms with Gasteiger partial charge in [0.2, 0.25) is 0 Å². The van der Waals surface area contributed by atoms with Crippen LogP contribution in [0, 0.1) is 5.41 Å². The molecule has 1 aromatic heterocycles. The molecule has 24 heavy (non-hydrogen) atoms. The van der Waals surface area contributed by atoms with Gasteiger partial charge in [0.05, 0.1) is 12.9 Å². The van der Waals surface area contributed by atoms with Crippen LogP contribution in [-0.4, -0.2) is 51.8 Å². The first-order valence-electron chi connectivity index (χ1n) is 8.93. The van der Waals surface area contributed by atoms with Crippen LogP contribution in [0.2, 0.25) is 0 Å². The molecule has 0 unspecified atom stereocenters. The van der Waals surface area contributed by atoms with E-state index in [2.05, 4.69) is 39.5 Å². The highest BCUT2D eigenvalue weighted by atomic mass is 16.3. The number of benzene rings is 1. The van der Waals surface area contributed by atoms with E-state index >= 15 is 0 Å². The van der Waals surface area contributed by atoms with Gasteiger partial charge in [-0.2, -0.15) is 0 Å². The normalized spacial score (nSPS) is 27.8. The summed E-state index contributed by atoms with van der Waals surface area (Å²) >= 11 is 0. The van der Waals surface area contributed by atoms with E-state index in [-0.39, 0.29) is 5.41 Å². The molecule has 0 saturated carbocycles. The molecule has 3 heterocycles. The quantitative estimate of drug-likeness (QED) is 0.900. The Kier molecular flexibility index (Phi) is 4.39. The molecule has 0 bridgehead atoms. The smallest absolute Gasteiger partial charge is 0.0991 e. The maximum Gasteiger partial charge on any atom is 0.0991 e. The lowest BCUT2D eigenvalue weighted by atomic mass is 9.71. The lowest BCUT2D eigenvalue weighted by molar-refractivity contribution is -0.0222. The Bertz CT molecular complexity index is 655. The summed E-state index contributed by atoms with van der Waals surface area (Å²) in [6, 6.07) is 9.18. The van der Waals surface area contributed by atoms with E-state index in [1.807, 2.05) is 17.1 Å². The molecule has 5 heteroatoms. The molecule has 2 N–H and O–H groups in total. The maximum absolute atomic E-state index is 10.0. The minimum absolute atomic E-state index is 0.0489. The van der Waals surface area contributed by atoms with Crippen molar-refractivity contribution in [1.82, 2.24) is 19.8 Å². The Balaban J connectivity index is 1.44. The Labute approximate surface area is 143 Å². The van der Waals surface area contributed by atoms with Crippen LogP contribution in [0.4, 0.5) is 0 Å². The number of fused-ring (bicyclic) bond motifs is 1. The van der Waals surface area contributed by atoms with Gasteiger partial charge in [-0.3, -0.25) is 4.90 Å². The van der Waals surface area contributed by atoms with Gasteiger partial charge >= 0.3 is 0 Å². The van der Waals surface area contributed by atoms with Crippen molar-refractivity contribution < 1.29 is 5.11 Å². The van der Waals surface area contributed by atoms with Gasteiger partial charge in [0.15, 0.2) is 0 Å². The summed E-state index contributed by atoms with van der Waals surface area (Å²) in [6.07, 6.45) is 9.02. The molecule has 2 saturated heterocycles. The summed E-state index contributed by atoms with van der Waals surface area (Å²) in [5.41, 5.74) is 2.51. The van der Waals surface area contributed by atoms with Crippen molar-refractivity contribution in [3.63, 3.8) is 0 Å². The van der Waals surface area contributed by atoms with Crippen LogP contribution < -0.4 is 5.32 Å². The highest BCUT2D eigenvalue weighted by Crippen LogP contribution is 2.37. The number of piperidine rings is 2. The number of aliphatic hydroxyl groups is 1. The molecule has 4 rings (SSSR count). The van der Waals surface area contributed by atoms with Crippen molar-refractivity contribution in [1.29, 1.82) is 0 Å². The number of imidazole rings is 1. The lowest BCUT2D eigenvalue weighted by Gasteiger charge is -2.50. The highest BCUT2D eigenvalue weighted by molar-refractivity contribution is 5.34. The highest BCUT2D eigenvalue weighted by Gasteiger charge is 2.44. The summed E-state index contributed by atoms with van der Waals surface area (Å²) in [5, 5.41) is 13.7. The summed E-state index contributed by atoms with van der Waals surface area (Å²) in [7, 11) is 0. The third-order valence-corrected chi connectivity index (χ3v) is 5.71. The van der Waals surface area contributed by atoms with Crippen molar-refractivity contribution in [3.8, 4) is 5.69 Å². The number of likely N-dealkylation sites (tertiary alicyclic amines) is 1. The maximum atomic E-state index is 10.0. The van der Waals surface area contributed by atoms with Crippen LogP contribution in [0.1, 0.15) is 24.8 Å². The van der Waals surface area contributed by atoms with Crippen molar-refractivity contribution in [3.05, 3.63) is 48.5 Å². The number of rotatable bonds is 4. The number of nitrogens with one attached hydrogen (secondary N) is 1. The van der Waals surface area contributed by atoms with E-state index in [0.29, 0.717) is 12.6 Å². The van der Waals surface area contributed by atoms with Crippen molar-refractivity contribution in [2.24, 2.45) is 5.41 Å². The fourth-order valence-corrected chi connectivity index (χ4v) is 4.36. The molecular weight excluding hydrogens is 300 g/mol. The first-order chi connectivity index (χ1) is 11.8. The summed E-state index contributed by atoms with van der Waals surface area (Å²) < 4.78 is 2.02. The fraction of sp³-hybridized carbons (Fsp3) is 0.526. The molecule has 2 atom stereocenters. The Morgan fingerprint density at radius 2 is 2.17 bits per heavy atom. The molecule has 0 aliphatic carbocycles. The van der Waals surface area contributed by atoms with Crippen molar-refractivity contribution >= 4 is 0 Å². The molecule has 2 aliphatic heterocycles. The predicted molar refractivity (Wildman–Crippen MR) is 94.0 cm³/mol. The van der Waals surface area contributed by atoms with Crippen LogP contribution >= 0.6 is 0 Å². The number of aliphatic hydroxyl groups excluding tert-OH is 1. The third-order valence-electron chi connectivity index (χ3n) is 5.71. The van der Waals surface area contributed by atoms with Crippen molar-refractivity contribution in [2.45, 2.75) is 31.8 Å². The second kappa shape index (κ2) is 6.67. The van der Waals surface area contributed by atoms with Crippen molar-refractivity contribution in [2.75, 3.05) is 26.2 Å². The molecule has 5 nitrogen and oxygen atoms in total. The van der Waals surface area contributed by atoms with E-state index < -0.39 is 0 Å². The zero-order valence-corrected chi connectivity index (χ0v) is 14.1. The Morgan fingerprint density at radius 1 is 1.29 bits per heavy atom. The van der Waals surface area contributed by atoms with E-state index in [1.165, 1.54) is 12.0 Å². The third kappa shape index (κ3) is 2.99. The van der Waals surface area contributed by atoms with E-state index in [1.54, 1.807) is 6.20 Å². The minimum atomic E-state index is 0.0489. The Hall–Kier alpha value is -1.69. The first kappa shape index (κ1) is 15.8. The minimum Gasteiger partial charge on any atom is -0.396 e. The topological polar surface area (TPSA) is 53.3 Å². The number of nitrogens with zero attached hydrogens (tertiary/aromatic N) is 3. The van der Waals surface area contributed by atoms with Crippen LogP contribution in [0.5, 0.6) is 0 Å². The van der Waals surface area contributed by atoms with Gasteiger partial charge in [0, 0.05) is 49.2 Å². The largest absolute Gasteiger partial charge is 0.396 e. The monoisotopic (exact) mass is 326 g/mol. The van der Waals surface area contributed by atoms with E-state index in [0.717, 1.165) is 44.7 Å². The second-order valence-electron chi connectivity index (χ2n) is 7.27. The van der Waals surface area contributed by atoms with Gasteiger partial charge < -0.3 is 15.0 Å². The summed E-state index contributed by atoms with van der Waals surface area (Å²) in [5.74, 6) is 0. The van der Waals surface area contributed by atoms with Crippen LogP contribution in [-0.2, 0) is 6.54 Å². The number of aromatic nitrogens is 2. The molecular formula is C19H26N4O. The molecule has 0 amide bonds. The fourth-order valence-electron chi connectivity index (χ4n) is 4.36. The number of hydrogen-bond donors (Lipinski definition) is 2. The van der Waals surface area contributed by atoms with E-state index in [4.69, 9.17) is 0 Å². The molecule has 2 aliphatic rings. The van der Waals surface area contributed by atoms with Gasteiger partial charge in [0.25, 0.3) is 0 Å². The van der Waals surface area contributed by atoms with Gasteiger partial charge in [-0.1, -0.05) is 12.1 Å². The average Bonchev–Trinajstić information content (AvgIpc) is 3.17. The van der Waals surface area contributed by atoms with Gasteiger partial charge in [-0.25, -0.2) is 4.98 Å². The predicted octanol–water partition coefficient (Wildman–Crippen LogP) is 1.81. The molecule has 0 radical (unpaired) electrons. The molecule has 2 fully saturated rings. The first-order valence-corrected chi connectivity index (χ1v) is 8.93. The summed E-state index contributed by atoms with van der Waals surface area (Å²) in [6.45, 7) is 4.44. The molecule has 2 aromatic rings. The zero-order chi connectivity index (χ0) is 16.4. The second-order valence-corrected chi connectivity index (χ2v) is 7.27. The van der Waals surface area contributed by atoms with Crippen LogP contribution in [0.3, 0.4) is 0 Å². The van der Waals surface area contributed by atoms with Crippen LogP contribution in [0.25, 0.3) is 5.69 Å². The van der Waals surface area contributed by atoms with Gasteiger partial charge in [0.1, 0.15) is 0 Å². The summed E-state index contributed by atoms with van der Waals surface area (Å²) in [4.78, 5) is 6.60.